The SMILES string of the molecule is COC(=O)c1sc(NCC2CCC2)nc1C. The van der Waals surface area contributed by atoms with E-state index in [4.69, 9.17) is 4.74 Å². The number of methoxy groups -OCH3 is 1. The Morgan fingerprint density at radius 1 is 1.62 bits per heavy atom. The second-order valence-electron chi connectivity index (χ2n) is 4.10. The normalized spacial score (nSPS) is 15.6. The molecule has 1 N–H and O–H groups in total. The maximum absolute atomic E-state index is 11.4. The zero-order valence-electron chi connectivity index (χ0n) is 9.58. The number of aryl methyl sites for hydroxylation is 1. The second kappa shape index (κ2) is 4.82. The lowest BCUT2D eigenvalue weighted by atomic mass is 9.86. The number of carbonyl (C=O) groups is 1. The lowest BCUT2D eigenvalue weighted by Gasteiger charge is -2.25. The van der Waals surface area contributed by atoms with Crippen molar-refractivity contribution in [3.05, 3.63) is 10.6 Å². The first-order valence-corrected chi connectivity index (χ1v) is 6.32. The van der Waals surface area contributed by atoms with Crippen molar-refractivity contribution in [1.82, 2.24) is 4.98 Å². The minimum atomic E-state index is -0.299. The van der Waals surface area contributed by atoms with Gasteiger partial charge >= 0.3 is 5.97 Å². The first-order chi connectivity index (χ1) is 7.70. The van der Waals surface area contributed by atoms with Gasteiger partial charge in [0.1, 0.15) is 4.88 Å². The molecule has 0 unspecified atom stereocenters. The topological polar surface area (TPSA) is 51.2 Å². The number of nitrogens with one attached hydrogen (secondary N) is 1. The van der Waals surface area contributed by atoms with Gasteiger partial charge in [0.15, 0.2) is 5.13 Å². The molecular formula is C11H16N2O2S. The Morgan fingerprint density at radius 3 is 2.94 bits per heavy atom. The van der Waals surface area contributed by atoms with Gasteiger partial charge in [0.05, 0.1) is 12.8 Å². The number of hydrogen-bond donors (Lipinski definition) is 1. The maximum Gasteiger partial charge on any atom is 0.350 e. The van der Waals surface area contributed by atoms with E-state index in [9.17, 15) is 4.79 Å². The van der Waals surface area contributed by atoms with Gasteiger partial charge < -0.3 is 10.1 Å². The van der Waals surface area contributed by atoms with Crippen LogP contribution in [0.5, 0.6) is 0 Å². The van der Waals surface area contributed by atoms with E-state index >= 15 is 0 Å². The minimum absolute atomic E-state index is 0.299. The summed E-state index contributed by atoms with van der Waals surface area (Å²) < 4.78 is 4.69. The summed E-state index contributed by atoms with van der Waals surface area (Å²) in [6.07, 6.45) is 3.96. The smallest absolute Gasteiger partial charge is 0.350 e. The number of hydrogen-bond acceptors (Lipinski definition) is 5. The summed E-state index contributed by atoms with van der Waals surface area (Å²) in [5.41, 5.74) is 0.743. The van der Waals surface area contributed by atoms with Crippen molar-refractivity contribution in [3.8, 4) is 0 Å². The standard InChI is InChI=1S/C11H16N2O2S/c1-7-9(10(14)15-2)16-11(13-7)12-6-8-4-3-5-8/h8H,3-6H2,1-2H3,(H,12,13). The van der Waals surface area contributed by atoms with Crippen molar-refractivity contribution in [1.29, 1.82) is 0 Å². The average Bonchev–Trinajstić information content (AvgIpc) is 2.56. The summed E-state index contributed by atoms with van der Waals surface area (Å²) in [5, 5.41) is 4.11. The van der Waals surface area contributed by atoms with Gasteiger partial charge in [0.2, 0.25) is 0 Å². The predicted molar refractivity (Wildman–Crippen MR) is 64.0 cm³/mol. The molecule has 1 aliphatic carbocycles. The molecule has 4 nitrogen and oxygen atoms in total. The zero-order chi connectivity index (χ0) is 11.5. The van der Waals surface area contributed by atoms with Gasteiger partial charge in [-0.3, -0.25) is 0 Å². The summed E-state index contributed by atoms with van der Waals surface area (Å²) in [5.74, 6) is 0.484. The third kappa shape index (κ3) is 2.35. The van der Waals surface area contributed by atoms with Crippen LogP contribution in [0.15, 0.2) is 0 Å². The largest absolute Gasteiger partial charge is 0.465 e. The van der Waals surface area contributed by atoms with Crippen molar-refractivity contribution >= 4 is 22.4 Å². The van der Waals surface area contributed by atoms with E-state index < -0.39 is 0 Å². The second-order valence-corrected chi connectivity index (χ2v) is 5.10. The van der Waals surface area contributed by atoms with Gasteiger partial charge in [-0.05, 0) is 25.7 Å². The predicted octanol–water partition coefficient (Wildman–Crippen LogP) is 2.45. The van der Waals surface area contributed by atoms with E-state index in [2.05, 4.69) is 10.3 Å². The highest BCUT2D eigenvalue weighted by molar-refractivity contribution is 7.17. The fourth-order valence-corrected chi connectivity index (χ4v) is 2.57. The number of rotatable bonds is 4. The van der Waals surface area contributed by atoms with E-state index in [1.807, 2.05) is 6.92 Å². The molecule has 2 rings (SSSR count). The molecule has 0 radical (unpaired) electrons. The van der Waals surface area contributed by atoms with Gasteiger partial charge in [-0.1, -0.05) is 17.8 Å². The molecule has 0 spiro atoms. The van der Waals surface area contributed by atoms with Crippen LogP contribution in [0.25, 0.3) is 0 Å². The Morgan fingerprint density at radius 2 is 2.38 bits per heavy atom. The molecule has 88 valence electrons. The van der Waals surface area contributed by atoms with Crippen molar-refractivity contribution in [2.45, 2.75) is 26.2 Å². The van der Waals surface area contributed by atoms with Crippen LogP contribution >= 0.6 is 11.3 Å². The highest BCUT2D eigenvalue weighted by atomic mass is 32.1. The summed E-state index contributed by atoms with van der Waals surface area (Å²) in [7, 11) is 1.39. The van der Waals surface area contributed by atoms with Gasteiger partial charge in [-0.25, -0.2) is 9.78 Å². The summed E-state index contributed by atoms with van der Waals surface area (Å²) in [4.78, 5) is 16.3. The third-order valence-electron chi connectivity index (χ3n) is 2.93. The maximum atomic E-state index is 11.4. The van der Waals surface area contributed by atoms with Crippen LogP contribution in [0, 0.1) is 12.8 Å². The molecule has 1 saturated carbocycles. The van der Waals surface area contributed by atoms with Gasteiger partial charge in [-0.15, -0.1) is 0 Å². The number of esters is 1. The number of ether oxygens (including phenoxy) is 1. The monoisotopic (exact) mass is 240 g/mol. The van der Waals surface area contributed by atoms with E-state index in [0.29, 0.717) is 4.88 Å². The Kier molecular flexibility index (Phi) is 3.43. The van der Waals surface area contributed by atoms with Crippen LogP contribution in [0.2, 0.25) is 0 Å². The fourth-order valence-electron chi connectivity index (χ4n) is 1.68. The minimum Gasteiger partial charge on any atom is -0.465 e. The fraction of sp³-hybridized carbons (Fsp3) is 0.636. The molecule has 1 aromatic rings. The van der Waals surface area contributed by atoms with E-state index in [-0.39, 0.29) is 5.97 Å². The molecule has 0 bridgehead atoms. The lowest BCUT2D eigenvalue weighted by molar-refractivity contribution is 0.0605. The average molecular weight is 240 g/mol. The van der Waals surface area contributed by atoms with Crippen molar-refractivity contribution in [2.75, 3.05) is 19.0 Å². The summed E-state index contributed by atoms with van der Waals surface area (Å²) >= 11 is 1.37. The highest BCUT2D eigenvalue weighted by Gasteiger charge is 2.19. The Balaban J connectivity index is 1.96. The summed E-state index contributed by atoms with van der Waals surface area (Å²) in [6.45, 7) is 2.80. The number of thiazole rings is 1. The van der Waals surface area contributed by atoms with Crippen LogP contribution in [0.1, 0.15) is 34.6 Å². The number of aromatic nitrogens is 1. The molecular weight excluding hydrogens is 224 g/mol. The number of anilines is 1. The first kappa shape index (κ1) is 11.4. The molecule has 0 aliphatic heterocycles. The Bertz CT molecular complexity index is 385. The molecule has 0 amide bonds. The molecule has 16 heavy (non-hydrogen) atoms. The zero-order valence-corrected chi connectivity index (χ0v) is 10.4. The molecule has 1 heterocycles. The molecule has 0 saturated heterocycles. The summed E-state index contributed by atoms with van der Waals surface area (Å²) in [6, 6.07) is 0. The van der Waals surface area contributed by atoms with Gasteiger partial charge in [0, 0.05) is 6.54 Å². The molecule has 1 fully saturated rings. The van der Waals surface area contributed by atoms with Gasteiger partial charge in [-0.2, -0.15) is 0 Å². The number of nitrogens with zero attached hydrogens (tertiary/aromatic N) is 1. The van der Waals surface area contributed by atoms with Crippen LogP contribution < -0.4 is 5.32 Å². The Labute approximate surface area is 99.0 Å². The van der Waals surface area contributed by atoms with E-state index in [0.717, 1.165) is 23.3 Å². The van der Waals surface area contributed by atoms with E-state index in [1.54, 1.807) is 0 Å². The van der Waals surface area contributed by atoms with Crippen LogP contribution in [0.4, 0.5) is 5.13 Å². The molecule has 5 heteroatoms. The van der Waals surface area contributed by atoms with E-state index in [1.165, 1.54) is 37.7 Å². The van der Waals surface area contributed by atoms with Crippen molar-refractivity contribution in [3.63, 3.8) is 0 Å². The Hall–Kier alpha value is -1.10. The van der Waals surface area contributed by atoms with Crippen LogP contribution in [0.3, 0.4) is 0 Å². The van der Waals surface area contributed by atoms with Crippen LogP contribution in [-0.4, -0.2) is 24.6 Å². The molecule has 1 aliphatic rings. The highest BCUT2D eigenvalue weighted by Crippen LogP contribution is 2.28. The van der Waals surface area contributed by atoms with Crippen molar-refractivity contribution in [2.24, 2.45) is 5.92 Å². The number of carbonyl (C=O) groups excluding carboxylic acids is 1. The quantitative estimate of drug-likeness (QED) is 0.821. The molecule has 1 aromatic heterocycles. The lowest BCUT2D eigenvalue weighted by Crippen LogP contribution is -2.20. The molecule has 0 aromatic carbocycles. The first-order valence-electron chi connectivity index (χ1n) is 5.50. The van der Waals surface area contributed by atoms with Crippen LogP contribution in [-0.2, 0) is 4.74 Å². The van der Waals surface area contributed by atoms with Crippen molar-refractivity contribution < 1.29 is 9.53 Å². The van der Waals surface area contributed by atoms with Gasteiger partial charge in [0.25, 0.3) is 0 Å². The third-order valence-corrected chi connectivity index (χ3v) is 4.03. The molecule has 0 atom stereocenters.